The average Bonchev–Trinajstić information content (AvgIpc) is 2.28. The van der Waals surface area contributed by atoms with Crippen molar-refractivity contribution in [3.8, 4) is 0 Å². The van der Waals surface area contributed by atoms with Crippen molar-refractivity contribution in [1.82, 2.24) is 5.32 Å². The fourth-order valence-corrected chi connectivity index (χ4v) is 1.48. The van der Waals surface area contributed by atoms with Crippen LogP contribution in [0.5, 0.6) is 0 Å². The van der Waals surface area contributed by atoms with Crippen molar-refractivity contribution < 1.29 is 9.53 Å². The highest BCUT2D eigenvalue weighted by atomic mass is 16.5. The molecule has 0 rings (SSSR count). The van der Waals surface area contributed by atoms with Crippen LogP contribution in [0.25, 0.3) is 0 Å². The number of allylic oxidation sites excluding steroid dienone is 2. The highest BCUT2D eigenvalue weighted by Crippen LogP contribution is 2.22. The molecule has 2 atom stereocenters. The molecule has 0 radical (unpaired) electrons. The van der Waals surface area contributed by atoms with E-state index in [0.717, 1.165) is 12.2 Å². The number of nitrogens with one attached hydrogen (secondary N) is 1. The minimum Gasteiger partial charge on any atom is -0.466 e. The Morgan fingerprint density at radius 2 is 2.18 bits per heavy atom. The van der Waals surface area contributed by atoms with Crippen LogP contribution in [0.1, 0.15) is 27.7 Å². The fraction of sp³-hybridized carbons (Fsp3) is 0.615. The lowest BCUT2D eigenvalue weighted by Gasteiger charge is -2.33. The van der Waals surface area contributed by atoms with Crippen molar-refractivity contribution in [3.63, 3.8) is 0 Å². The standard InChI is InChI=1S/C13H24N2O2/c1-6-9-11(15-7-2)13(5,14)10(4)12(16)17-8-3/h6,9-10,15H,1,7-8,14H2,2-5H3/b11-9+. The van der Waals surface area contributed by atoms with E-state index in [-0.39, 0.29) is 5.97 Å². The summed E-state index contributed by atoms with van der Waals surface area (Å²) in [4.78, 5) is 11.7. The van der Waals surface area contributed by atoms with Crippen molar-refractivity contribution >= 4 is 5.97 Å². The molecule has 98 valence electrons. The van der Waals surface area contributed by atoms with Crippen molar-refractivity contribution in [2.75, 3.05) is 13.2 Å². The van der Waals surface area contributed by atoms with Crippen LogP contribution in [0.2, 0.25) is 0 Å². The molecule has 0 aromatic carbocycles. The summed E-state index contributed by atoms with van der Waals surface area (Å²) in [5.74, 6) is -0.710. The zero-order valence-electron chi connectivity index (χ0n) is 11.2. The Bertz CT molecular complexity index is 296. The number of ether oxygens (including phenoxy) is 1. The molecular formula is C13H24N2O2. The number of likely N-dealkylation sites (N-methyl/N-ethyl adjacent to an activating group) is 1. The van der Waals surface area contributed by atoms with Gasteiger partial charge in [-0.25, -0.2) is 0 Å². The molecule has 4 heteroatoms. The molecule has 0 saturated carbocycles. The van der Waals surface area contributed by atoms with Crippen LogP contribution in [0.4, 0.5) is 0 Å². The summed E-state index contributed by atoms with van der Waals surface area (Å²) in [7, 11) is 0. The van der Waals surface area contributed by atoms with Crippen molar-refractivity contribution in [3.05, 3.63) is 24.4 Å². The molecule has 2 unspecified atom stereocenters. The number of hydrogen-bond donors (Lipinski definition) is 2. The van der Waals surface area contributed by atoms with E-state index in [0.29, 0.717) is 6.61 Å². The minimum absolute atomic E-state index is 0.287. The van der Waals surface area contributed by atoms with Gasteiger partial charge in [-0.15, -0.1) is 0 Å². The molecule has 0 bridgehead atoms. The highest BCUT2D eigenvalue weighted by Gasteiger charge is 2.36. The molecule has 0 saturated heterocycles. The molecule has 0 fully saturated rings. The third-order valence-electron chi connectivity index (χ3n) is 2.77. The molecule has 0 aromatic rings. The second kappa shape index (κ2) is 7.12. The number of carbonyl (C=O) groups is 1. The molecule has 0 heterocycles. The van der Waals surface area contributed by atoms with E-state index in [9.17, 15) is 4.79 Å². The van der Waals surface area contributed by atoms with E-state index >= 15 is 0 Å². The zero-order valence-corrected chi connectivity index (χ0v) is 11.2. The molecule has 0 aromatic heterocycles. The Morgan fingerprint density at radius 1 is 1.59 bits per heavy atom. The molecule has 0 aliphatic rings. The Morgan fingerprint density at radius 3 is 2.59 bits per heavy atom. The number of carbonyl (C=O) groups excluding carboxylic acids is 1. The van der Waals surface area contributed by atoms with Crippen LogP contribution >= 0.6 is 0 Å². The zero-order chi connectivity index (χ0) is 13.5. The summed E-state index contributed by atoms with van der Waals surface area (Å²) in [5, 5.41) is 3.16. The van der Waals surface area contributed by atoms with Crippen LogP contribution in [0.3, 0.4) is 0 Å². The fourth-order valence-electron chi connectivity index (χ4n) is 1.48. The van der Waals surface area contributed by atoms with Gasteiger partial charge >= 0.3 is 5.97 Å². The van der Waals surface area contributed by atoms with Gasteiger partial charge in [0.25, 0.3) is 0 Å². The van der Waals surface area contributed by atoms with Gasteiger partial charge in [-0.3, -0.25) is 4.79 Å². The Kier molecular flexibility index (Phi) is 6.58. The van der Waals surface area contributed by atoms with Crippen LogP contribution in [0.15, 0.2) is 24.4 Å². The van der Waals surface area contributed by atoms with Gasteiger partial charge in [-0.05, 0) is 33.8 Å². The lowest BCUT2D eigenvalue weighted by atomic mass is 9.84. The maximum absolute atomic E-state index is 11.7. The number of nitrogens with two attached hydrogens (primary N) is 1. The third kappa shape index (κ3) is 4.23. The summed E-state index contributed by atoms with van der Waals surface area (Å²) in [6.45, 7) is 12.1. The van der Waals surface area contributed by atoms with E-state index in [1.54, 1.807) is 26.0 Å². The highest BCUT2D eigenvalue weighted by molar-refractivity contribution is 5.74. The predicted octanol–water partition coefficient (Wildman–Crippen LogP) is 1.58. The molecule has 17 heavy (non-hydrogen) atoms. The monoisotopic (exact) mass is 240 g/mol. The third-order valence-corrected chi connectivity index (χ3v) is 2.77. The van der Waals surface area contributed by atoms with Gasteiger partial charge in [0, 0.05) is 12.2 Å². The Labute approximate surface area is 104 Å². The van der Waals surface area contributed by atoms with Gasteiger partial charge in [0.1, 0.15) is 0 Å². The first-order valence-electron chi connectivity index (χ1n) is 5.94. The van der Waals surface area contributed by atoms with Gasteiger partial charge in [0.15, 0.2) is 0 Å². The second-order valence-corrected chi connectivity index (χ2v) is 4.10. The molecule has 3 N–H and O–H groups in total. The summed E-state index contributed by atoms with van der Waals surface area (Å²) in [5.41, 5.74) is 6.22. The number of hydrogen-bond acceptors (Lipinski definition) is 4. The SMILES string of the molecule is C=C/C=C(/NCC)C(C)(N)C(C)C(=O)OCC. The molecule has 0 aliphatic carbocycles. The minimum atomic E-state index is -0.795. The van der Waals surface area contributed by atoms with Gasteiger partial charge in [0.2, 0.25) is 0 Å². The summed E-state index contributed by atoms with van der Waals surface area (Å²) in [6, 6.07) is 0. The Balaban J connectivity index is 4.99. The lowest BCUT2D eigenvalue weighted by Crippen LogP contribution is -2.52. The molecule has 0 aliphatic heterocycles. The molecular weight excluding hydrogens is 216 g/mol. The first-order valence-corrected chi connectivity index (χ1v) is 5.94. The molecule has 0 amide bonds. The van der Waals surface area contributed by atoms with Gasteiger partial charge in [-0.1, -0.05) is 12.7 Å². The van der Waals surface area contributed by atoms with Crippen molar-refractivity contribution in [1.29, 1.82) is 0 Å². The van der Waals surface area contributed by atoms with Crippen LogP contribution < -0.4 is 11.1 Å². The average molecular weight is 240 g/mol. The van der Waals surface area contributed by atoms with E-state index in [4.69, 9.17) is 10.5 Å². The van der Waals surface area contributed by atoms with E-state index in [1.807, 2.05) is 13.8 Å². The normalized spacial score (nSPS) is 16.9. The van der Waals surface area contributed by atoms with Crippen molar-refractivity contribution in [2.24, 2.45) is 11.7 Å². The van der Waals surface area contributed by atoms with E-state index in [2.05, 4.69) is 11.9 Å². The first kappa shape index (κ1) is 15.7. The summed E-state index contributed by atoms with van der Waals surface area (Å²) >= 11 is 0. The summed E-state index contributed by atoms with van der Waals surface area (Å²) in [6.07, 6.45) is 3.44. The number of rotatable bonds is 7. The first-order chi connectivity index (χ1) is 7.91. The maximum Gasteiger partial charge on any atom is 0.310 e. The molecule has 0 spiro atoms. The van der Waals surface area contributed by atoms with E-state index in [1.165, 1.54) is 0 Å². The smallest absolute Gasteiger partial charge is 0.310 e. The van der Waals surface area contributed by atoms with Crippen molar-refractivity contribution in [2.45, 2.75) is 33.2 Å². The lowest BCUT2D eigenvalue weighted by molar-refractivity contribution is -0.149. The van der Waals surface area contributed by atoms with Gasteiger partial charge in [0.05, 0.1) is 18.1 Å². The predicted molar refractivity (Wildman–Crippen MR) is 70.3 cm³/mol. The van der Waals surface area contributed by atoms with Crippen LogP contribution in [0, 0.1) is 5.92 Å². The largest absolute Gasteiger partial charge is 0.466 e. The Hall–Kier alpha value is -1.29. The quantitative estimate of drug-likeness (QED) is 0.524. The topological polar surface area (TPSA) is 64.3 Å². The van der Waals surface area contributed by atoms with Gasteiger partial charge in [-0.2, -0.15) is 0 Å². The van der Waals surface area contributed by atoms with Gasteiger partial charge < -0.3 is 15.8 Å². The summed E-state index contributed by atoms with van der Waals surface area (Å²) < 4.78 is 5.00. The van der Waals surface area contributed by atoms with Crippen LogP contribution in [-0.2, 0) is 9.53 Å². The maximum atomic E-state index is 11.7. The molecule has 4 nitrogen and oxygen atoms in total. The number of esters is 1. The second-order valence-electron chi connectivity index (χ2n) is 4.10. The van der Waals surface area contributed by atoms with E-state index < -0.39 is 11.5 Å². The van der Waals surface area contributed by atoms with Crippen LogP contribution in [-0.4, -0.2) is 24.7 Å².